The van der Waals surface area contributed by atoms with Crippen LogP contribution in [0.3, 0.4) is 0 Å². The fourth-order valence-corrected chi connectivity index (χ4v) is 3.34. The number of carbonyl (C=O) groups is 3. The third-order valence-corrected chi connectivity index (χ3v) is 4.90. The summed E-state index contributed by atoms with van der Waals surface area (Å²) in [6.45, 7) is 4.65. The van der Waals surface area contributed by atoms with Gasteiger partial charge in [-0.3, -0.25) is 9.59 Å². The lowest BCUT2D eigenvalue weighted by atomic mass is 10.1. The maximum Gasteiger partial charge on any atom is 0.340 e. The maximum atomic E-state index is 12.6. The molecule has 6 nitrogen and oxygen atoms in total. The Morgan fingerprint density at radius 2 is 1.86 bits per heavy atom. The summed E-state index contributed by atoms with van der Waals surface area (Å²) in [5.74, 6) is -1.26. The van der Waals surface area contributed by atoms with E-state index < -0.39 is 11.9 Å². The first kappa shape index (κ1) is 19.6. The molecule has 0 spiro atoms. The van der Waals surface area contributed by atoms with E-state index in [1.165, 1.54) is 4.90 Å². The summed E-state index contributed by atoms with van der Waals surface area (Å²) in [7, 11) is 0. The van der Waals surface area contributed by atoms with Crippen LogP contribution in [0.5, 0.6) is 0 Å². The van der Waals surface area contributed by atoms with Gasteiger partial charge in [0, 0.05) is 19.5 Å². The van der Waals surface area contributed by atoms with Crippen molar-refractivity contribution >= 4 is 23.5 Å². The van der Waals surface area contributed by atoms with Crippen LogP contribution in [0.2, 0.25) is 0 Å². The molecule has 1 heterocycles. The van der Waals surface area contributed by atoms with E-state index in [9.17, 15) is 14.4 Å². The topological polar surface area (TPSA) is 75.7 Å². The Labute approximate surface area is 164 Å². The number of nitrogens with zero attached hydrogens (tertiary/aromatic N) is 1. The lowest BCUT2D eigenvalue weighted by Gasteiger charge is -2.19. The molecule has 28 heavy (non-hydrogen) atoms. The molecule has 1 saturated heterocycles. The van der Waals surface area contributed by atoms with Crippen molar-refractivity contribution < 1.29 is 19.1 Å². The van der Waals surface area contributed by atoms with Gasteiger partial charge in [-0.2, -0.15) is 0 Å². The number of nitrogens with one attached hydrogen (secondary N) is 1. The minimum absolute atomic E-state index is 0.122. The van der Waals surface area contributed by atoms with Crippen LogP contribution < -0.4 is 10.2 Å². The van der Waals surface area contributed by atoms with E-state index in [-0.39, 0.29) is 31.4 Å². The van der Waals surface area contributed by atoms with E-state index in [1.54, 1.807) is 31.2 Å². The number of ether oxygens (including phenoxy) is 1. The van der Waals surface area contributed by atoms with Crippen molar-refractivity contribution in [1.82, 2.24) is 5.32 Å². The Balaban J connectivity index is 1.69. The van der Waals surface area contributed by atoms with Crippen LogP contribution in [-0.2, 0) is 20.9 Å². The van der Waals surface area contributed by atoms with Crippen molar-refractivity contribution in [2.45, 2.75) is 26.8 Å². The third-order valence-electron chi connectivity index (χ3n) is 4.90. The molecule has 2 aromatic carbocycles. The molecule has 0 radical (unpaired) electrons. The molecular weight excluding hydrogens is 356 g/mol. The number of aryl methyl sites for hydroxylation is 1. The monoisotopic (exact) mass is 380 g/mol. The standard InChI is InChI=1S/C22H24N2O4/c1-3-28-22(27)18-10-6-7-11-19(18)24-14-17(12-20(24)25)21(26)23-13-16-9-5-4-8-15(16)2/h4-11,17H,3,12-14H2,1-2H3,(H,23,26). The van der Waals surface area contributed by atoms with Crippen LogP contribution in [0.1, 0.15) is 34.8 Å². The Bertz CT molecular complexity index is 894. The molecule has 1 atom stereocenters. The largest absolute Gasteiger partial charge is 0.462 e. The second-order valence-electron chi connectivity index (χ2n) is 6.79. The van der Waals surface area contributed by atoms with Crippen molar-refractivity contribution in [2.75, 3.05) is 18.1 Å². The van der Waals surface area contributed by atoms with E-state index in [4.69, 9.17) is 4.74 Å². The Hall–Kier alpha value is -3.15. The van der Waals surface area contributed by atoms with Crippen LogP contribution in [0.4, 0.5) is 5.69 Å². The molecule has 0 aliphatic carbocycles. The van der Waals surface area contributed by atoms with Crippen molar-refractivity contribution in [1.29, 1.82) is 0 Å². The average Bonchev–Trinajstić information content (AvgIpc) is 3.09. The number of esters is 1. The average molecular weight is 380 g/mol. The van der Waals surface area contributed by atoms with E-state index >= 15 is 0 Å². The molecule has 2 aromatic rings. The Morgan fingerprint density at radius 3 is 2.61 bits per heavy atom. The quantitative estimate of drug-likeness (QED) is 0.782. The predicted octanol–water partition coefficient (Wildman–Crippen LogP) is 2.84. The fourth-order valence-electron chi connectivity index (χ4n) is 3.34. The molecule has 0 saturated carbocycles. The third kappa shape index (κ3) is 4.22. The van der Waals surface area contributed by atoms with Gasteiger partial charge in [0.05, 0.1) is 23.8 Å². The highest BCUT2D eigenvalue weighted by atomic mass is 16.5. The van der Waals surface area contributed by atoms with Gasteiger partial charge in [-0.05, 0) is 37.1 Å². The smallest absolute Gasteiger partial charge is 0.340 e. The number of benzene rings is 2. The molecule has 1 aliphatic heterocycles. The number of para-hydroxylation sites is 1. The molecule has 1 N–H and O–H groups in total. The zero-order valence-corrected chi connectivity index (χ0v) is 16.1. The number of hydrogen-bond donors (Lipinski definition) is 1. The second kappa shape index (κ2) is 8.69. The summed E-state index contributed by atoms with van der Waals surface area (Å²) in [4.78, 5) is 38.8. The Morgan fingerprint density at radius 1 is 1.14 bits per heavy atom. The van der Waals surface area contributed by atoms with Crippen LogP contribution in [-0.4, -0.2) is 30.9 Å². The van der Waals surface area contributed by atoms with Crippen molar-refractivity contribution in [2.24, 2.45) is 5.92 Å². The summed E-state index contributed by atoms with van der Waals surface area (Å²) in [5.41, 5.74) is 2.97. The summed E-state index contributed by atoms with van der Waals surface area (Å²) < 4.78 is 5.08. The zero-order chi connectivity index (χ0) is 20.1. The van der Waals surface area contributed by atoms with Gasteiger partial charge in [0.25, 0.3) is 0 Å². The summed E-state index contributed by atoms with van der Waals surface area (Å²) >= 11 is 0. The molecule has 146 valence electrons. The summed E-state index contributed by atoms with van der Waals surface area (Å²) in [6.07, 6.45) is 0.122. The zero-order valence-electron chi connectivity index (χ0n) is 16.1. The maximum absolute atomic E-state index is 12.6. The number of hydrogen-bond acceptors (Lipinski definition) is 4. The first-order valence-electron chi connectivity index (χ1n) is 9.40. The van der Waals surface area contributed by atoms with E-state index in [2.05, 4.69) is 5.32 Å². The molecule has 2 amide bonds. The van der Waals surface area contributed by atoms with Crippen LogP contribution in [0.15, 0.2) is 48.5 Å². The number of anilines is 1. The fraction of sp³-hybridized carbons (Fsp3) is 0.318. The van der Waals surface area contributed by atoms with Crippen molar-refractivity contribution in [3.05, 3.63) is 65.2 Å². The van der Waals surface area contributed by atoms with Gasteiger partial charge in [-0.15, -0.1) is 0 Å². The van der Waals surface area contributed by atoms with Gasteiger partial charge in [0.15, 0.2) is 0 Å². The van der Waals surface area contributed by atoms with Gasteiger partial charge in [0.1, 0.15) is 0 Å². The molecule has 0 bridgehead atoms. The minimum Gasteiger partial charge on any atom is -0.462 e. The van der Waals surface area contributed by atoms with Gasteiger partial charge in [-0.25, -0.2) is 4.79 Å². The van der Waals surface area contributed by atoms with Gasteiger partial charge in [-0.1, -0.05) is 36.4 Å². The van der Waals surface area contributed by atoms with E-state index in [1.807, 2.05) is 31.2 Å². The van der Waals surface area contributed by atoms with Crippen LogP contribution in [0.25, 0.3) is 0 Å². The normalized spacial score (nSPS) is 16.1. The first-order valence-corrected chi connectivity index (χ1v) is 9.40. The van der Waals surface area contributed by atoms with E-state index in [0.29, 0.717) is 17.8 Å². The lowest BCUT2D eigenvalue weighted by Crippen LogP contribution is -2.33. The lowest BCUT2D eigenvalue weighted by molar-refractivity contribution is -0.126. The summed E-state index contributed by atoms with van der Waals surface area (Å²) in [5, 5.41) is 2.92. The van der Waals surface area contributed by atoms with E-state index in [0.717, 1.165) is 11.1 Å². The van der Waals surface area contributed by atoms with Crippen molar-refractivity contribution in [3.8, 4) is 0 Å². The molecule has 1 unspecified atom stereocenters. The Kier molecular flexibility index (Phi) is 6.09. The molecular formula is C22H24N2O4. The number of amides is 2. The molecule has 3 rings (SSSR count). The van der Waals surface area contributed by atoms with Crippen LogP contribution >= 0.6 is 0 Å². The van der Waals surface area contributed by atoms with Gasteiger partial charge >= 0.3 is 5.97 Å². The first-order chi connectivity index (χ1) is 13.5. The highest BCUT2D eigenvalue weighted by Gasteiger charge is 2.36. The van der Waals surface area contributed by atoms with Crippen molar-refractivity contribution in [3.63, 3.8) is 0 Å². The van der Waals surface area contributed by atoms with Gasteiger partial charge in [0.2, 0.25) is 11.8 Å². The minimum atomic E-state index is -0.474. The molecule has 1 aliphatic rings. The van der Waals surface area contributed by atoms with Crippen LogP contribution in [0, 0.1) is 12.8 Å². The highest BCUT2D eigenvalue weighted by Crippen LogP contribution is 2.29. The highest BCUT2D eigenvalue weighted by molar-refractivity contribution is 6.05. The SMILES string of the molecule is CCOC(=O)c1ccccc1N1CC(C(=O)NCc2ccccc2C)CC1=O. The summed E-state index contributed by atoms with van der Waals surface area (Å²) in [6, 6.07) is 14.7. The number of rotatable bonds is 6. The van der Waals surface area contributed by atoms with Gasteiger partial charge < -0.3 is 15.0 Å². The molecule has 1 fully saturated rings. The predicted molar refractivity (Wildman–Crippen MR) is 106 cm³/mol. The second-order valence-corrected chi connectivity index (χ2v) is 6.79. The molecule has 6 heteroatoms. The number of carbonyl (C=O) groups excluding carboxylic acids is 3. The molecule has 0 aromatic heterocycles.